The van der Waals surface area contributed by atoms with Gasteiger partial charge in [-0.3, -0.25) is 0 Å². The van der Waals surface area contributed by atoms with E-state index in [0.717, 1.165) is 0 Å². The quantitative estimate of drug-likeness (QED) is 0.524. The van der Waals surface area contributed by atoms with Crippen molar-refractivity contribution in [3.8, 4) is 0 Å². The molecule has 2 nitrogen and oxygen atoms in total. The van der Waals surface area contributed by atoms with Gasteiger partial charge in [-0.25, -0.2) is 8.78 Å². The van der Waals surface area contributed by atoms with Gasteiger partial charge in [0.25, 0.3) is 5.92 Å². The minimum Gasteiger partial charge on any atom is -0.389 e. The number of hydrogen-bond acceptors (Lipinski definition) is 2. The molecule has 1 aliphatic rings. The molecule has 1 saturated heterocycles. The second-order valence-corrected chi connectivity index (χ2v) is 3.13. The first-order valence-corrected chi connectivity index (χ1v) is 3.22. The maximum Gasteiger partial charge on any atom is 0.263 e. The molecule has 0 aliphatic carbocycles. The summed E-state index contributed by atoms with van der Waals surface area (Å²) in [6, 6.07) is 0. The predicted octanol–water partition coefficient (Wildman–Crippen LogP) is 0.366. The highest BCUT2D eigenvalue weighted by Gasteiger charge is 2.41. The standard InChI is InChI=1S/C6H11F2NO/c1-5(10)2-6(7,8)4-9-3-5/h9-10H,2-4H2,1H3/t5-/m0/s1. The molecule has 1 heterocycles. The lowest BCUT2D eigenvalue weighted by Gasteiger charge is -2.34. The summed E-state index contributed by atoms with van der Waals surface area (Å²) in [5.74, 6) is -2.75. The van der Waals surface area contributed by atoms with Crippen LogP contribution in [0.2, 0.25) is 0 Å². The van der Waals surface area contributed by atoms with Gasteiger partial charge in [0.2, 0.25) is 0 Å². The Labute approximate surface area is 58.2 Å². The SMILES string of the molecule is C[C@@]1(O)CNCC(F)(F)C1. The highest BCUT2D eigenvalue weighted by Crippen LogP contribution is 2.28. The molecule has 0 spiro atoms. The maximum atomic E-state index is 12.5. The lowest BCUT2D eigenvalue weighted by molar-refractivity contribution is -0.103. The van der Waals surface area contributed by atoms with Crippen molar-refractivity contribution in [3.05, 3.63) is 0 Å². The van der Waals surface area contributed by atoms with Gasteiger partial charge < -0.3 is 10.4 Å². The van der Waals surface area contributed by atoms with E-state index >= 15 is 0 Å². The molecule has 0 unspecified atom stereocenters. The fourth-order valence-electron chi connectivity index (χ4n) is 1.20. The molecule has 2 N–H and O–H groups in total. The average Bonchev–Trinajstić information content (AvgIpc) is 1.56. The normalized spacial score (nSPS) is 39.6. The number of piperidine rings is 1. The fourth-order valence-corrected chi connectivity index (χ4v) is 1.20. The molecular formula is C6H11F2NO. The summed E-state index contributed by atoms with van der Waals surface area (Å²) in [6.45, 7) is 1.35. The second-order valence-electron chi connectivity index (χ2n) is 3.13. The van der Waals surface area contributed by atoms with Gasteiger partial charge in [-0.2, -0.15) is 0 Å². The van der Waals surface area contributed by atoms with Crippen molar-refractivity contribution in [3.63, 3.8) is 0 Å². The van der Waals surface area contributed by atoms with Gasteiger partial charge in [0.1, 0.15) is 0 Å². The van der Waals surface area contributed by atoms with Gasteiger partial charge in [0.15, 0.2) is 0 Å². The smallest absolute Gasteiger partial charge is 0.263 e. The lowest BCUT2D eigenvalue weighted by atomic mass is 9.94. The Bertz CT molecular complexity index is 122. The van der Waals surface area contributed by atoms with Crippen LogP contribution in [0, 0.1) is 0 Å². The number of alkyl halides is 2. The van der Waals surface area contributed by atoms with E-state index < -0.39 is 17.9 Å². The van der Waals surface area contributed by atoms with Crippen molar-refractivity contribution in [1.29, 1.82) is 0 Å². The van der Waals surface area contributed by atoms with Crippen molar-refractivity contribution in [1.82, 2.24) is 5.32 Å². The van der Waals surface area contributed by atoms with Gasteiger partial charge in [0.05, 0.1) is 12.1 Å². The summed E-state index contributed by atoms with van der Waals surface area (Å²) in [5.41, 5.74) is -1.25. The Balaban J connectivity index is 2.56. The monoisotopic (exact) mass is 151 g/mol. The van der Waals surface area contributed by atoms with Crippen molar-refractivity contribution in [2.45, 2.75) is 24.9 Å². The number of aliphatic hydroxyl groups is 1. The molecule has 0 bridgehead atoms. The second kappa shape index (κ2) is 2.13. The van der Waals surface area contributed by atoms with Crippen LogP contribution in [0.4, 0.5) is 8.78 Å². The highest BCUT2D eigenvalue weighted by atomic mass is 19.3. The van der Waals surface area contributed by atoms with Crippen molar-refractivity contribution < 1.29 is 13.9 Å². The first-order valence-electron chi connectivity index (χ1n) is 3.22. The number of halogens is 2. The third-order valence-corrected chi connectivity index (χ3v) is 1.53. The molecule has 1 aliphatic heterocycles. The van der Waals surface area contributed by atoms with E-state index in [-0.39, 0.29) is 13.1 Å². The number of rotatable bonds is 0. The van der Waals surface area contributed by atoms with E-state index in [0.29, 0.717) is 0 Å². The van der Waals surface area contributed by atoms with Crippen LogP contribution >= 0.6 is 0 Å². The molecule has 1 atom stereocenters. The molecule has 0 aromatic carbocycles. The van der Waals surface area contributed by atoms with Crippen molar-refractivity contribution in [2.75, 3.05) is 13.1 Å². The Morgan fingerprint density at radius 2 is 2.00 bits per heavy atom. The molecule has 0 radical (unpaired) electrons. The van der Waals surface area contributed by atoms with Crippen LogP contribution in [0.15, 0.2) is 0 Å². The predicted molar refractivity (Wildman–Crippen MR) is 33.1 cm³/mol. The first-order chi connectivity index (χ1) is 4.41. The third-order valence-electron chi connectivity index (χ3n) is 1.53. The molecular weight excluding hydrogens is 140 g/mol. The summed E-state index contributed by atoms with van der Waals surface area (Å²) in [5, 5.41) is 11.6. The molecule has 1 fully saturated rings. The zero-order valence-electron chi connectivity index (χ0n) is 5.82. The molecule has 1 rings (SSSR count). The lowest BCUT2D eigenvalue weighted by Crippen LogP contribution is -2.53. The van der Waals surface area contributed by atoms with Crippen molar-refractivity contribution in [2.24, 2.45) is 0 Å². The molecule has 0 saturated carbocycles. The maximum absolute atomic E-state index is 12.5. The summed E-state index contributed by atoms with van der Waals surface area (Å²) in [6.07, 6.45) is -0.438. The zero-order valence-corrected chi connectivity index (χ0v) is 5.82. The Morgan fingerprint density at radius 3 is 2.30 bits per heavy atom. The topological polar surface area (TPSA) is 32.3 Å². The van der Waals surface area contributed by atoms with E-state index in [1.807, 2.05) is 0 Å². The van der Waals surface area contributed by atoms with E-state index in [1.54, 1.807) is 0 Å². The van der Waals surface area contributed by atoms with Crippen molar-refractivity contribution >= 4 is 0 Å². The van der Waals surface area contributed by atoms with Crippen LogP contribution in [0.1, 0.15) is 13.3 Å². The molecule has 60 valence electrons. The summed E-state index contributed by atoms with van der Waals surface area (Å²) in [7, 11) is 0. The molecule has 0 amide bonds. The summed E-state index contributed by atoms with van der Waals surface area (Å²) < 4.78 is 25.0. The van der Waals surface area contributed by atoms with Gasteiger partial charge in [-0.15, -0.1) is 0 Å². The van der Waals surface area contributed by atoms with E-state index in [4.69, 9.17) is 5.11 Å². The van der Waals surface area contributed by atoms with E-state index in [2.05, 4.69) is 5.32 Å². The molecule has 10 heavy (non-hydrogen) atoms. The van der Waals surface area contributed by atoms with Crippen LogP contribution in [-0.2, 0) is 0 Å². The van der Waals surface area contributed by atoms with E-state index in [1.165, 1.54) is 6.92 Å². The zero-order chi connectivity index (χ0) is 7.83. The van der Waals surface area contributed by atoms with Crippen LogP contribution in [0.3, 0.4) is 0 Å². The molecule has 4 heteroatoms. The number of hydrogen-bond donors (Lipinski definition) is 2. The van der Waals surface area contributed by atoms with E-state index in [9.17, 15) is 8.78 Å². The van der Waals surface area contributed by atoms with Gasteiger partial charge >= 0.3 is 0 Å². The van der Waals surface area contributed by atoms with Gasteiger partial charge in [-0.05, 0) is 6.92 Å². The average molecular weight is 151 g/mol. The number of nitrogens with one attached hydrogen (secondary N) is 1. The molecule has 0 aromatic heterocycles. The van der Waals surface area contributed by atoms with Gasteiger partial charge in [0, 0.05) is 13.0 Å². The van der Waals surface area contributed by atoms with Crippen LogP contribution in [0.5, 0.6) is 0 Å². The van der Waals surface area contributed by atoms with Crippen LogP contribution < -0.4 is 5.32 Å². The Hall–Kier alpha value is -0.220. The Morgan fingerprint density at radius 1 is 1.40 bits per heavy atom. The van der Waals surface area contributed by atoms with Crippen LogP contribution in [0.25, 0.3) is 0 Å². The minimum atomic E-state index is -2.75. The summed E-state index contributed by atoms with van der Waals surface area (Å²) >= 11 is 0. The molecule has 0 aromatic rings. The minimum absolute atomic E-state index is 0.253. The largest absolute Gasteiger partial charge is 0.389 e. The third kappa shape index (κ3) is 1.88. The summed E-state index contributed by atoms with van der Waals surface area (Å²) in [4.78, 5) is 0. The van der Waals surface area contributed by atoms with Gasteiger partial charge in [-0.1, -0.05) is 0 Å². The number of β-amino-alcohol motifs (C(OH)–C–C–N with tert-alkyl or cyclic N) is 1. The fraction of sp³-hybridized carbons (Fsp3) is 1.00. The first kappa shape index (κ1) is 7.88. The van der Waals surface area contributed by atoms with Crippen LogP contribution in [-0.4, -0.2) is 29.7 Å². The Kier molecular flexibility index (Phi) is 1.68. The highest BCUT2D eigenvalue weighted by molar-refractivity contribution is 4.89.